The molecule has 0 fully saturated rings. The Bertz CT molecular complexity index is 3470. The van der Waals surface area contributed by atoms with E-state index in [1.165, 1.54) is 12.1 Å². The van der Waals surface area contributed by atoms with Gasteiger partial charge in [-0.1, -0.05) is 54.6 Å². The third-order valence-electron chi connectivity index (χ3n) is 10.6. The molecule has 69 heavy (non-hydrogen) atoms. The molecule has 0 bridgehead atoms. The smallest absolute Gasteiger partial charge is 0.298 e. The molecule has 0 spiro atoms. The molecule has 0 atom stereocenters. The normalized spacial score (nSPS) is 12.6. The molecule has 4 radical (unpaired) electrons. The van der Waals surface area contributed by atoms with Crippen LogP contribution >= 0.6 is 0 Å². The quantitative estimate of drug-likeness (QED) is 0.0309. The molecule has 0 heterocycles. The van der Waals surface area contributed by atoms with Gasteiger partial charge in [-0.3, -0.25) is 18.2 Å². The fourth-order valence-corrected chi connectivity index (χ4v) is 9.71. The van der Waals surface area contributed by atoms with Crippen molar-refractivity contribution in [3.8, 4) is 11.5 Å². The summed E-state index contributed by atoms with van der Waals surface area (Å²) in [6.45, 7) is 7.19. The van der Waals surface area contributed by atoms with Crippen LogP contribution in [0.4, 0.5) is 22.7 Å². The summed E-state index contributed by atoms with van der Waals surface area (Å²) in [5.74, 6) is -2.30. The zero-order valence-corrected chi connectivity index (χ0v) is 49.5. The van der Waals surface area contributed by atoms with Crippen LogP contribution in [0.2, 0.25) is 0 Å². The van der Waals surface area contributed by atoms with E-state index >= 15 is 0 Å². The van der Waals surface area contributed by atoms with E-state index in [2.05, 4.69) is 20.5 Å². The molecule has 18 nitrogen and oxygen atoms in total. The minimum absolute atomic E-state index is 0. The number of phenolic OH excluding ortho intramolecular Hbond substituents is 2. The Balaban J connectivity index is 0.00000315. The van der Waals surface area contributed by atoms with Crippen molar-refractivity contribution in [3.63, 3.8) is 0 Å². The number of rotatable bonds is 11. The maximum absolute atomic E-state index is 12.2. The van der Waals surface area contributed by atoms with Crippen molar-refractivity contribution in [3.05, 3.63) is 142 Å². The average Bonchev–Trinajstić information content (AvgIpc) is 3.21. The fourth-order valence-electron chi connectivity index (χ4n) is 7.44. The zero-order chi connectivity index (χ0) is 47.6. The molecule has 0 aliphatic rings. The van der Waals surface area contributed by atoms with Gasteiger partial charge < -0.3 is 10.2 Å². The summed E-state index contributed by atoms with van der Waals surface area (Å²) in [6, 6.07) is 24.8. The first kappa shape index (κ1) is 60.8. The summed E-state index contributed by atoms with van der Waals surface area (Å²) >= 11 is 0. The molecule has 340 valence electrons. The van der Waals surface area contributed by atoms with Gasteiger partial charge in [-0.25, -0.2) is 0 Å². The van der Waals surface area contributed by atoms with Crippen LogP contribution in [-0.2, 0) is 40.5 Å². The van der Waals surface area contributed by atoms with E-state index in [9.17, 15) is 62.1 Å². The van der Waals surface area contributed by atoms with E-state index in [-0.39, 0.29) is 140 Å². The van der Waals surface area contributed by atoms with Crippen molar-refractivity contribution in [1.82, 2.24) is 0 Å². The van der Waals surface area contributed by atoms with Gasteiger partial charge in [0.2, 0.25) is 0 Å². The second-order valence-electron chi connectivity index (χ2n) is 15.0. The van der Waals surface area contributed by atoms with Crippen LogP contribution in [0.15, 0.2) is 143 Å². The topological polar surface area (TPSA) is 307 Å². The van der Waals surface area contributed by atoms with E-state index in [1.54, 1.807) is 26.0 Å². The molecule has 26 heteroatoms. The minimum atomic E-state index is -5.05. The number of hydrogen-bond acceptors (Lipinski definition) is 14. The first-order valence-electron chi connectivity index (χ1n) is 18.8. The van der Waals surface area contributed by atoms with Crippen molar-refractivity contribution >= 4 is 203 Å². The number of aromatic hydroxyl groups is 2. The number of nitrogens with zero attached hydrogens (tertiary/aromatic N) is 4. The SMILES string of the molecule is Cc1cc(C(c2ccccc2)c2cc(C)c(N=Nc3c(O)c(S(=O)(=O)O)cc4cc(S(=O)(=O)O)ccc34)cc2C)c(C)cc1N=Nc1c(O)c(S(=O)(=O)O)cc2cc(S(=O)(=O)O)ccc12.[Na].[Na].[Na].[Na]. The molecule has 0 saturated heterocycles. The standard InChI is InChI=1S/C43H36N4O14S4.4Na/c1-22-16-35(44-46-40-31-12-10-29(62(50,51)52)18-27(31)20-37(42(40)48)64(56,57)58)24(3)14-33(22)39(26-8-6-5-7-9-26)34-15-25(4)36(17-23(34)2)45-47-41-32-13-11-30(63(53,54)55)19-28(32)21-38(43(41)49)65(59,60)61;;;;/h5-21,39,48-49H,1-4H3,(H,50,51,52)(H,53,54,55)(H,56,57,58)(H,59,60,61);;;;. The molecule has 0 unspecified atom stereocenters. The molecule has 0 aliphatic heterocycles. The van der Waals surface area contributed by atoms with Gasteiger partial charge in [0, 0.05) is 135 Å². The summed E-state index contributed by atoms with van der Waals surface area (Å²) in [4.78, 5) is -3.07. The van der Waals surface area contributed by atoms with Crippen LogP contribution in [0.3, 0.4) is 0 Å². The van der Waals surface area contributed by atoms with Crippen LogP contribution in [0, 0.1) is 27.7 Å². The van der Waals surface area contributed by atoms with Gasteiger partial charge >= 0.3 is 0 Å². The van der Waals surface area contributed by atoms with E-state index < -0.39 is 88.8 Å². The van der Waals surface area contributed by atoms with Gasteiger partial charge in [0.05, 0.1) is 21.2 Å². The number of fused-ring (bicyclic) bond motifs is 2. The molecular weight excluding hydrogens is 1020 g/mol. The van der Waals surface area contributed by atoms with Gasteiger partial charge in [-0.2, -0.15) is 43.9 Å². The molecule has 6 N–H and O–H groups in total. The third-order valence-corrected chi connectivity index (χ3v) is 14.1. The third kappa shape index (κ3) is 13.2. The van der Waals surface area contributed by atoms with Gasteiger partial charge in [0.1, 0.15) is 21.2 Å². The molecule has 0 amide bonds. The Labute approximate surface area is 485 Å². The molecule has 7 aromatic carbocycles. The number of azo groups is 2. The largest absolute Gasteiger partial charge is 0.504 e. The minimum Gasteiger partial charge on any atom is -0.504 e. The number of phenols is 2. The van der Waals surface area contributed by atoms with Crippen molar-refractivity contribution in [2.75, 3.05) is 0 Å². The molecule has 0 aliphatic carbocycles. The van der Waals surface area contributed by atoms with E-state index in [4.69, 9.17) is 0 Å². The first-order chi connectivity index (χ1) is 30.2. The predicted molar refractivity (Wildman–Crippen MR) is 261 cm³/mol. The number of aryl methyl sites for hydroxylation is 4. The summed E-state index contributed by atoms with van der Waals surface area (Å²) in [7, 11) is -19.5. The summed E-state index contributed by atoms with van der Waals surface area (Å²) in [5.41, 5.74) is 5.06. The maximum Gasteiger partial charge on any atom is 0.298 e. The number of hydrogen-bond donors (Lipinski definition) is 6. The van der Waals surface area contributed by atoms with Crippen LogP contribution in [0.5, 0.6) is 11.5 Å². The Kier molecular flexibility index (Phi) is 20.4. The molecular formula is C43H36N4Na4O14S4. The van der Waals surface area contributed by atoms with Crippen LogP contribution in [-0.4, -0.2) is 180 Å². The van der Waals surface area contributed by atoms with Crippen LogP contribution < -0.4 is 0 Å². The van der Waals surface area contributed by atoms with Crippen molar-refractivity contribution in [1.29, 1.82) is 0 Å². The molecule has 7 rings (SSSR count). The van der Waals surface area contributed by atoms with E-state index in [0.29, 0.717) is 22.5 Å². The van der Waals surface area contributed by atoms with Gasteiger partial charge in [-0.05, 0) is 126 Å². The van der Waals surface area contributed by atoms with Crippen molar-refractivity contribution in [2.24, 2.45) is 20.5 Å². The Morgan fingerprint density at radius 1 is 0.420 bits per heavy atom. The molecule has 0 aromatic heterocycles. The van der Waals surface area contributed by atoms with Gasteiger partial charge in [-0.15, -0.1) is 10.2 Å². The fraction of sp³-hybridized carbons (Fsp3) is 0.116. The Morgan fingerprint density at radius 2 is 0.783 bits per heavy atom. The van der Waals surface area contributed by atoms with Crippen molar-refractivity contribution in [2.45, 2.75) is 53.2 Å². The van der Waals surface area contributed by atoms with Gasteiger partial charge in [0.25, 0.3) is 40.5 Å². The van der Waals surface area contributed by atoms with Crippen LogP contribution in [0.1, 0.15) is 44.9 Å². The monoisotopic (exact) mass is 1050 g/mol. The van der Waals surface area contributed by atoms with E-state index in [0.717, 1.165) is 64.2 Å². The summed E-state index contributed by atoms with van der Waals surface area (Å²) in [6.07, 6.45) is 0. The first-order valence-corrected chi connectivity index (χ1v) is 24.6. The second kappa shape index (κ2) is 23.1. The predicted octanol–water partition coefficient (Wildman–Crippen LogP) is 8.11. The Morgan fingerprint density at radius 3 is 1.12 bits per heavy atom. The molecule has 0 saturated carbocycles. The molecule has 7 aromatic rings. The number of benzene rings is 7. The Hall–Kier alpha value is -2.50. The summed E-state index contributed by atoms with van der Waals surface area (Å²) < 4.78 is 135. The van der Waals surface area contributed by atoms with E-state index in [1.807, 2.05) is 56.3 Å². The second-order valence-corrected chi connectivity index (χ2v) is 20.7. The van der Waals surface area contributed by atoms with Gasteiger partial charge in [0.15, 0.2) is 11.5 Å². The summed E-state index contributed by atoms with van der Waals surface area (Å²) in [5, 5.41) is 38.9. The average molecular weight is 1050 g/mol. The maximum atomic E-state index is 12.2. The van der Waals surface area contributed by atoms with Crippen LogP contribution in [0.25, 0.3) is 21.5 Å². The zero-order valence-electron chi connectivity index (χ0n) is 38.3. The van der Waals surface area contributed by atoms with Crippen molar-refractivity contribution < 1.29 is 62.1 Å².